The SMILES string of the molecule is [CH2-]C.[Ti+3].c1cc2c([cH-]1)CCCC2.c1cc2c([cH-]1)CCCC2. The third-order valence-corrected chi connectivity index (χ3v) is 4.30. The molecule has 4 rings (SSSR count). The Balaban J connectivity index is 0.000000181. The largest absolute Gasteiger partial charge is 3.00 e. The van der Waals surface area contributed by atoms with Gasteiger partial charge in [-0.05, 0) is 0 Å². The van der Waals surface area contributed by atoms with Crippen molar-refractivity contribution in [2.24, 2.45) is 0 Å². The summed E-state index contributed by atoms with van der Waals surface area (Å²) in [6.07, 6.45) is 10.9. The van der Waals surface area contributed by atoms with Crippen LogP contribution in [-0.4, -0.2) is 0 Å². The third kappa shape index (κ3) is 5.27. The van der Waals surface area contributed by atoms with E-state index in [0.29, 0.717) is 0 Å². The topological polar surface area (TPSA) is 0 Å². The van der Waals surface area contributed by atoms with Crippen LogP contribution in [0.15, 0.2) is 36.4 Å². The summed E-state index contributed by atoms with van der Waals surface area (Å²) in [6.45, 7) is 5.00. The monoisotopic (exact) mass is 315 g/mol. The Bertz CT molecular complexity index is 402. The molecule has 0 bridgehead atoms. The number of hydrogen-bond acceptors (Lipinski definition) is 0. The van der Waals surface area contributed by atoms with Gasteiger partial charge in [-0.2, -0.15) is 53.4 Å². The molecular weight excluding hydrogens is 288 g/mol. The molecule has 0 nitrogen and oxygen atoms in total. The quantitative estimate of drug-likeness (QED) is 0.450. The van der Waals surface area contributed by atoms with Crippen molar-refractivity contribution >= 4 is 0 Å². The maximum Gasteiger partial charge on any atom is 3.00 e. The predicted octanol–water partition coefficient (Wildman–Crippen LogP) is 5.41. The van der Waals surface area contributed by atoms with Gasteiger partial charge in [0, 0.05) is 0 Å². The summed E-state index contributed by atoms with van der Waals surface area (Å²) in [7, 11) is 0. The van der Waals surface area contributed by atoms with E-state index in [-0.39, 0.29) is 21.7 Å². The maximum absolute atomic E-state index is 3.25. The van der Waals surface area contributed by atoms with Crippen LogP contribution in [0.4, 0.5) is 0 Å². The van der Waals surface area contributed by atoms with Crippen LogP contribution in [-0.2, 0) is 47.4 Å². The molecule has 0 amide bonds. The van der Waals surface area contributed by atoms with Crippen molar-refractivity contribution < 1.29 is 21.7 Å². The molecule has 0 saturated heterocycles. The van der Waals surface area contributed by atoms with E-state index in [1.807, 2.05) is 0 Å². The molecule has 0 spiro atoms. The van der Waals surface area contributed by atoms with Crippen molar-refractivity contribution in [1.29, 1.82) is 0 Å². The summed E-state index contributed by atoms with van der Waals surface area (Å²) in [4.78, 5) is 0. The minimum atomic E-state index is 0. The molecule has 0 atom stereocenters. The zero-order valence-corrected chi connectivity index (χ0v) is 14.9. The molecule has 2 aliphatic rings. The minimum Gasteiger partial charge on any atom is -0.346 e. The van der Waals surface area contributed by atoms with Gasteiger partial charge in [-0.1, -0.05) is 51.4 Å². The Morgan fingerprint density at radius 2 is 1.10 bits per heavy atom. The molecule has 2 aromatic rings. The third-order valence-electron chi connectivity index (χ3n) is 4.30. The van der Waals surface area contributed by atoms with Crippen molar-refractivity contribution in [2.75, 3.05) is 0 Å². The van der Waals surface area contributed by atoms with E-state index in [1.54, 1.807) is 29.2 Å². The van der Waals surface area contributed by atoms with Crippen LogP contribution in [0.3, 0.4) is 0 Å². The first-order valence-corrected chi connectivity index (χ1v) is 8.11. The molecule has 0 unspecified atom stereocenters. The molecule has 2 aromatic carbocycles. The van der Waals surface area contributed by atoms with E-state index in [2.05, 4.69) is 43.3 Å². The average Bonchev–Trinajstić information content (AvgIpc) is 3.18. The molecule has 2 aliphatic carbocycles. The van der Waals surface area contributed by atoms with Crippen LogP contribution in [0, 0.1) is 6.92 Å². The molecule has 0 saturated carbocycles. The molecular formula is C20H27Ti. The fraction of sp³-hybridized carbons (Fsp3) is 0.450. The molecule has 1 heteroatoms. The van der Waals surface area contributed by atoms with Gasteiger partial charge in [-0.25, -0.2) is 12.1 Å². The van der Waals surface area contributed by atoms with Crippen molar-refractivity contribution in [1.82, 2.24) is 0 Å². The Hall–Kier alpha value is -0.586. The van der Waals surface area contributed by atoms with Crippen LogP contribution < -0.4 is 0 Å². The molecule has 0 N–H and O–H groups in total. The van der Waals surface area contributed by atoms with E-state index < -0.39 is 0 Å². The standard InChI is InChI=1S/2C9H11.C2H5.Ti/c2*1-2-5-9-7-3-6-8(9)4-1;1-2;/h2*3,6-7H,1-2,4-5H2;1H2,2H3;/q3*-1;+3. The van der Waals surface area contributed by atoms with Gasteiger partial charge in [-0.3, -0.25) is 0 Å². The van der Waals surface area contributed by atoms with Crippen LogP contribution in [0.25, 0.3) is 0 Å². The molecule has 0 fully saturated rings. The Morgan fingerprint density at radius 3 is 1.48 bits per heavy atom. The molecule has 1 radical (unpaired) electrons. The first-order chi connectivity index (χ1) is 9.93. The van der Waals surface area contributed by atoms with Gasteiger partial charge < -0.3 is 6.92 Å². The van der Waals surface area contributed by atoms with Gasteiger partial charge in [0.2, 0.25) is 0 Å². The normalized spacial score (nSPS) is 15.1. The second-order valence-corrected chi connectivity index (χ2v) is 5.57. The first-order valence-electron chi connectivity index (χ1n) is 8.11. The second-order valence-electron chi connectivity index (χ2n) is 5.57. The Morgan fingerprint density at radius 1 is 0.714 bits per heavy atom. The number of fused-ring (bicyclic) bond motifs is 2. The van der Waals surface area contributed by atoms with Crippen molar-refractivity contribution in [3.8, 4) is 0 Å². The van der Waals surface area contributed by atoms with Crippen LogP contribution in [0.5, 0.6) is 0 Å². The van der Waals surface area contributed by atoms with Crippen LogP contribution in [0.1, 0.15) is 54.9 Å². The van der Waals surface area contributed by atoms with Gasteiger partial charge in [-0.15, -0.1) is 0 Å². The number of aryl methyl sites for hydroxylation is 4. The maximum atomic E-state index is 3.25. The number of hydrogen-bond donors (Lipinski definition) is 0. The minimum absolute atomic E-state index is 0. The average molecular weight is 315 g/mol. The Labute approximate surface area is 145 Å². The van der Waals surface area contributed by atoms with Crippen molar-refractivity contribution in [3.63, 3.8) is 0 Å². The summed E-state index contributed by atoms with van der Waals surface area (Å²) in [5.74, 6) is 0. The molecule has 111 valence electrons. The zero-order chi connectivity index (χ0) is 14.2. The fourth-order valence-electron chi connectivity index (χ4n) is 3.23. The first kappa shape index (κ1) is 18.5. The summed E-state index contributed by atoms with van der Waals surface area (Å²) < 4.78 is 0. The van der Waals surface area contributed by atoms with E-state index in [0.717, 1.165) is 0 Å². The molecule has 0 heterocycles. The van der Waals surface area contributed by atoms with Gasteiger partial charge in [0.25, 0.3) is 0 Å². The van der Waals surface area contributed by atoms with Gasteiger partial charge in [0.15, 0.2) is 0 Å². The van der Waals surface area contributed by atoms with Crippen LogP contribution in [0.2, 0.25) is 0 Å². The predicted molar refractivity (Wildman–Crippen MR) is 88.4 cm³/mol. The Kier molecular flexibility index (Phi) is 8.96. The zero-order valence-electron chi connectivity index (χ0n) is 13.3. The summed E-state index contributed by atoms with van der Waals surface area (Å²) in [5, 5.41) is 0. The smallest absolute Gasteiger partial charge is 0.346 e. The summed E-state index contributed by atoms with van der Waals surface area (Å²) in [6, 6.07) is 13.4. The fourth-order valence-corrected chi connectivity index (χ4v) is 3.23. The van der Waals surface area contributed by atoms with E-state index in [9.17, 15) is 0 Å². The molecule has 21 heavy (non-hydrogen) atoms. The van der Waals surface area contributed by atoms with Gasteiger partial charge >= 0.3 is 21.7 Å². The van der Waals surface area contributed by atoms with E-state index in [1.165, 1.54) is 51.4 Å². The van der Waals surface area contributed by atoms with Crippen molar-refractivity contribution in [2.45, 2.75) is 58.3 Å². The van der Waals surface area contributed by atoms with E-state index in [4.69, 9.17) is 0 Å². The van der Waals surface area contributed by atoms with Gasteiger partial charge in [0.05, 0.1) is 0 Å². The molecule has 0 aromatic heterocycles. The van der Waals surface area contributed by atoms with Gasteiger partial charge in [0.1, 0.15) is 0 Å². The second kappa shape index (κ2) is 10.2. The number of rotatable bonds is 0. The summed E-state index contributed by atoms with van der Waals surface area (Å²) in [5.41, 5.74) is 6.39. The van der Waals surface area contributed by atoms with Crippen molar-refractivity contribution in [3.05, 3.63) is 65.6 Å². The van der Waals surface area contributed by atoms with Crippen LogP contribution >= 0.6 is 0 Å². The summed E-state index contributed by atoms with van der Waals surface area (Å²) >= 11 is 0. The van der Waals surface area contributed by atoms with E-state index >= 15 is 0 Å². The molecule has 0 aliphatic heterocycles.